The molecule has 2 amide bonds. The van der Waals surface area contributed by atoms with Gasteiger partial charge in [-0.1, -0.05) is 13.8 Å². The maximum atomic E-state index is 13.3. The summed E-state index contributed by atoms with van der Waals surface area (Å²) in [6.45, 7) is 8.27. The van der Waals surface area contributed by atoms with Crippen LogP contribution in [0.1, 0.15) is 52.4 Å². The van der Waals surface area contributed by atoms with Crippen LogP contribution in [0.25, 0.3) is 22.3 Å². The number of nitrogens with zero attached hydrogens (tertiary/aromatic N) is 7. The SMILES string of the molecule is CC(C)Cn1nc(N2C3CC2CN(C)C3)c2cnc(-c3[nH]ncc3NC(=O)N3CCCCC34CC4)cc21. The first-order valence-electron chi connectivity index (χ1n) is 13.9. The normalized spacial score (nSPS) is 24.6. The number of amides is 2. The Labute approximate surface area is 217 Å². The van der Waals surface area contributed by atoms with Gasteiger partial charge in [-0.25, -0.2) is 4.79 Å². The largest absolute Gasteiger partial charge is 0.346 e. The van der Waals surface area contributed by atoms with Crippen molar-refractivity contribution < 1.29 is 4.79 Å². The van der Waals surface area contributed by atoms with E-state index in [9.17, 15) is 4.79 Å². The van der Waals surface area contributed by atoms with Gasteiger partial charge in [-0.05, 0) is 57.6 Å². The summed E-state index contributed by atoms with van der Waals surface area (Å²) in [7, 11) is 2.20. The van der Waals surface area contributed by atoms with Gasteiger partial charge in [-0.3, -0.25) is 14.8 Å². The van der Waals surface area contributed by atoms with Crippen molar-refractivity contribution in [1.29, 1.82) is 0 Å². The van der Waals surface area contributed by atoms with Gasteiger partial charge in [0.05, 0.1) is 28.5 Å². The number of pyridine rings is 1. The molecular formula is C27H37N9O. The van der Waals surface area contributed by atoms with Crippen LogP contribution in [0.2, 0.25) is 0 Å². The molecule has 4 fully saturated rings. The maximum absolute atomic E-state index is 13.3. The Bertz CT molecular complexity index is 1330. The van der Waals surface area contributed by atoms with E-state index in [2.05, 4.69) is 61.9 Å². The van der Waals surface area contributed by atoms with Crippen molar-refractivity contribution in [3.05, 3.63) is 18.5 Å². The number of likely N-dealkylation sites (N-methyl/N-ethyl adjacent to an activating group) is 1. The smallest absolute Gasteiger partial charge is 0.322 e. The number of aromatic nitrogens is 5. The molecule has 10 heteroatoms. The van der Waals surface area contributed by atoms with Gasteiger partial charge in [0, 0.05) is 50.0 Å². The highest BCUT2D eigenvalue weighted by atomic mass is 16.2. The summed E-state index contributed by atoms with van der Waals surface area (Å²) < 4.78 is 2.14. The van der Waals surface area contributed by atoms with Gasteiger partial charge in [-0.2, -0.15) is 10.2 Å². The lowest BCUT2D eigenvalue weighted by molar-refractivity contribution is 0.139. The average Bonchev–Trinajstić information content (AvgIpc) is 3.32. The van der Waals surface area contributed by atoms with E-state index in [1.54, 1.807) is 6.20 Å². The van der Waals surface area contributed by atoms with Gasteiger partial charge in [-0.15, -0.1) is 0 Å². The summed E-state index contributed by atoms with van der Waals surface area (Å²) in [5.74, 6) is 1.53. The summed E-state index contributed by atoms with van der Waals surface area (Å²) in [6, 6.07) is 3.12. The molecular weight excluding hydrogens is 466 g/mol. The first-order chi connectivity index (χ1) is 17.9. The molecule has 7 rings (SSSR count). The fourth-order valence-electron chi connectivity index (χ4n) is 6.87. The number of rotatable bonds is 5. The number of likely N-dealkylation sites (tertiary alicyclic amines) is 2. The zero-order chi connectivity index (χ0) is 25.3. The standard InChI is InChI=1S/C27H37N9O/c1-17(2)14-35-23-11-21(28-12-20(23)25(32-35)36-18-10-19(36)16-33(3)15-18)24-22(13-29-31-24)30-26(37)34-9-5-4-6-27(34)7-8-27/h11-13,17-19H,4-10,14-16H2,1-3H3,(H,29,31)(H,30,37). The van der Waals surface area contributed by atoms with Crippen LogP contribution in [0, 0.1) is 5.92 Å². The Morgan fingerprint density at radius 2 is 2.00 bits per heavy atom. The van der Waals surface area contributed by atoms with E-state index in [1.807, 2.05) is 6.20 Å². The van der Waals surface area contributed by atoms with E-state index in [0.717, 1.165) is 80.0 Å². The molecule has 37 heavy (non-hydrogen) atoms. The molecule has 1 saturated carbocycles. The van der Waals surface area contributed by atoms with Crippen molar-refractivity contribution >= 4 is 28.4 Å². The molecule has 1 spiro atoms. The minimum atomic E-state index is -0.0256. The van der Waals surface area contributed by atoms with Crippen LogP contribution >= 0.6 is 0 Å². The Balaban J connectivity index is 1.21. The number of aromatic amines is 1. The van der Waals surface area contributed by atoms with E-state index < -0.39 is 0 Å². The molecule has 3 aromatic rings. The monoisotopic (exact) mass is 503 g/mol. The van der Waals surface area contributed by atoms with Crippen LogP contribution in [0.4, 0.5) is 16.3 Å². The summed E-state index contributed by atoms with van der Waals surface area (Å²) in [5, 5.41) is 16.7. The molecule has 2 bridgehead atoms. The van der Waals surface area contributed by atoms with Gasteiger partial charge in [0.25, 0.3) is 0 Å². The average molecular weight is 504 g/mol. The number of carbonyl (C=O) groups is 1. The molecule has 1 aliphatic carbocycles. The Kier molecular flexibility index (Phi) is 5.25. The van der Waals surface area contributed by atoms with Crippen LogP contribution in [-0.4, -0.2) is 85.1 Å². The van der Waals surface area contributed by atoms with Crippen LogP contribution in [0.5, 0.6) is 0 Å². The molecule has 3 aromatic heterocycles. The van der Waals surface area contributed by atoms with Crippen LogP contribution in [-0.2, 0) is 6.54 Å². The number of piperazine rings is 1. The van der Waals surface area contributed by atoms with E-state index in [4.69, 9.17) is 10.1 Å². The summed E-state index contributed by atoms with van der Waals surface area (Å²) >= 11 is 0. The van der Waals surface area contributed by atoms with Crippen molar-refractivity contribution in [2.24, 2.45) is 5.92 Å². The minimum Gasteiger partial charge on any atom is -0.346 e. The number of hydrogen-bond donors (Lipinski definition) is 2. The van der Waals surface area contributed by atoms with E-state index in [0.29, 0.717) is 23.7 Å². The molecule has 2 unspecified atom stereocenters. The molecule has 2 atom stereocenters. The highest BCUT2D eigenvalue weighted by molar-refractivity contribution is 5.96. The molecule has 4 aliphatic rings. The third kappa shape index (κ3) is 3.79. The minimum absolute atomic E-state index is 0.0256. The van der Waals surface area contributed by atoms with Crippen molar-refractivity contribution in [1.82, 2.24) is 34.8 Å². The number of hydrogen-bond acceptors (Lipinski definition) is 6. The number of H-pyrrole nitrogens is 1. The fourth-order valence-corrected chi connectivity index (χ4v) is 6.87. The van der Waals surface area contributed by atoms with Crippen molar-refractivity contribution in [2.45, 2.75) is 76.5 Å². The Morgan fingerprint density at radius 1 is 1.19 bits per heavy atom. The molecule has 196 valence electrons. The molecule has 3 aliphatic heterocycles. The van der Waals surface area contributed by atoms with Crippen molar-refractivity contribution in [3.63, 3.8) is 0 Å². The fraction of sp³-hybridized carbons (Fsp3) is 0.630. The van der Waals surface area contributed by atoms with Gasteiger partial charge in [0.1, 0.15) is 5.69 Å². The number of fused-ring (bicyclic) bond motifs is 3. The lowest BCUT2D eigenvalue weighted by Gasteiger charge is -2.56. The van der Waals surface area contributed by atoms with Gasteiger partial charge in [0.15, 0.2) is 5.82 Å². The second-order valence-electron chi connectivity index (χ2n) is 12.1. The number of nitrogens with one attached hydrogen (secondary N) is 2. The van der Waals surface area contributed by atoms with E-state index >= 15 is 0 Å². The van der Waals surface area contributed by atoms with Crippen LogP contribution in [0.3, 0.4) is 0 Å². The quantitative estimate of drug-likeness (QED) is 0.548. The Morgan fingerprint density at radius 3 is 2.76 bits per heavy atom. The second kappa shape index (κ2) is 8.44. The third-order valence-corrected chi connectivity index (χ3v) is 8.83. The first kappa shape index (κ1) is 23.0. The zero-order valence-electron chi connectivity index (χ0n) is 22.1. The molecule has 10 nitrogen and oxygen atoms in total. The highest BCUT2D eigenvalue weighted by Gasteiger charge is 2.51. The first-order valence-corrected chi connectivity index (χ1v) is 13.9. The Hall–Kier alpha value is -3.14. The molecule has 0 radical (unpaired) electrons. The highest BCUT2D eigenvalue weighted by Crippen LogP contribution is 2.48. The lowest BCUT2D eigenvalue weighted by Crippen LogP contribution is -2.68. The third-order valence-electron chi connectivity index (χ3n) is 8.83. The summed E-state index contributed by atoms with van der Waals surface area (Å²) in [5.41, 5.74) is 3.34. The van der Waals surface area contributed by atoms with Crippen molar-refractivity contribution in [3.8, 4) is 11.4 Å². The zero-order valence-corrected chi connectivity index (χ0v) is 22.1. The van der Waals surface area contributed by atoms with Gasteiger partial charge >= 0.3 is 6.03 Å². The predicted molar refractivity (Wildman–Crippen MR) is 144 cm³/mol. The van der Waals surface area contributed by atoms with E-state index in [-0.39, 0.29) is 11.6 Å². The molecule has 3 saturated heterocycles. The number of anilines is 2. The van der Waals surface area contributed by atoms with Gasteiger partial charge in [0.2, 0.25) is 0 Å². The topological polar surface area (TPSA) is 98.2 Å². The molecule has 6 heterocycles. The predicted octanol–water partition coefficient (Wildman–Crippen LogP) is 3.92. The van der Waals surface area contributed by atoms with Gasteiger partial charge < -0.3 is 20.0 Å². The number of piperidine rings is 2. The maximum Gasteiger partial charge on any atom is 0.322 e. The number of carbonyl (C=O) groups excluding carboxylic acids is 1. The molecule has 2 N–H and O–H groups in total. The van der Waals surface area contributed by atoms with Crippen LogP contribution < -0.4 is 10.2 Å². The number of urea groups is 1. The lowest BCUT2D eigenvalue weighted by atomic mass is 9.87. The van der Waals surface area contributed by atoms with Crippen LogP contribution in [0.15, 0.2) is 18.5 Å². The molecule has 0 aromatic carbocycles. The summed E-state index contributed by atoms with van der Waals surface area (Å²) in [4.78, 5) is 25.1. The second-order valence-corrected chi connectivity index (χ2v) is 12.1. The van der Waals surface area contributed by atoms with E-state index in [1.165, 1.54) is 12.8 Å². The summed E-state index contributed by atoms with van der Waals surface area (Å²) in [6.07, 6.45) is 10.5. The van der Waals surface area contributed by atoms with Crippen molar-refractivity contribution in [2.75, 3.05) is 36.9 Å².